The van der Waals surface area contributed by atoms with Crippen LogP contribution in [-0.4, -0.2) is 38.1 Å². The number of hydrogen-bond donors (Lipinski definition) is 0. The third-order valence-corrected chi connectivity index (χ3v) is 7.36. The number of nitrogens with zero attached hydrogens (tertiary/aromatic N) is 1. The molecule has 126 valence electrons. The van der Waals surface area contributed by atoms with Gasteiger partial charge in [-0.3, -0.25) is 4.79 Å². The van der Waals surface area contributed by atoms with Crippen molar-refractivity contribution < 1.29 is 13.2 Å². The summed E-state index contributed by atoms with van der Waals surface area (Å²) in [7, 11) is -3.27. The van der Waals surface area contributed by atoms with Gasteiger partial charge in [-0.05, 0) is 39.7 Å². The summed E-state index contributed by atoms with van der Waals surface area (Å²) in [6.07, 6.45) is 0. The van der Waals surface area contributed by atoms with Gasteiger partial charge < -0.3 is 4.90 Å². The van der Waals surface area contributed by atoms with E-state index in [0.717, 1.165) is 0 Å². The molecule has 0 bridgehead atoms. The fourth-order valence-electron chi connectivity index (χ4n) is 2.76. The van der Waals surface area contributed by atoms with Crippen molar-refractivity contribution in [1.29, 1.82) is 0 Å². The molecule has 1 amide bonds. The highest BCUT2D eigenvalue weighted by Gasteiger charge is 2.36. The second-order valence-electron chi connectivity index (χ2n) is 5.65. The Labute approximate surface area is 154 Å². The van der Waals surface area contributed by atoms with Crippen molar-refractivity contribution in [2.45, 2.75) is 5.25 Å². The Balaban J connectivity index is 1.87. The van der Waals surface area contributed by atoms with Crippen molar-refractivity contribution >= 4 is 43.3 Å². The van der Waals surface area contributed by atoms with E-state index >= 15 is 0 Å². The maximum absolute atomic E-state index is 12.7. The zero-order valence-corrected chi connectivity index (χ0v) is 15.8. The Morgan fingerprint density at radius 2 is 1.88 bits per heavy atom. The van der Waals surface area contributed by atoms with Crippen molar-refractivity contribution in [2.24, 2.45) is 0 Å². The lowest BCUT2D eigenvalue weighted by molar-refractivity contribution is 0.0758. The lowest BCUT2D eigenvalue weighted by Gasteiger charge is -2.33. The first-order chi connectivity index (χ1) is 11.4. The third kappa shape index (κ3) is 3.50. The van der Waals surface area contributed by atoms with E-state index in [1.54, 1.807) is 47.4 Å². The molecule has 1 atom stereocenters. The molecule has 0 aromatic heterocycles. The molecule has 1 heterocycles. The molecule has 3 rings (SSSR count). The number of amides is 1. The minimum atomic E-state index is -3.27. The Bertz CT molecular complexity index is 871. The Morgan fingerprint density at radius 3 is 2.54 bits per heavy atom. The van der Waals surface area contributed by atoms with E-state index in [9.17, 15) is 13.2 Å². The maximum Gasteiger partial charge on any atom is 0.253 e. The maximum atomic E-state index is 12.7. The number of halogens is 2. The standard InChI is InChI=1S/C17H15BrClNO3S/c18-14-7-6-13(10-15(14)19)17(21)20-8-9-24(22,23)16(11-20)12-4-2-1-3-5-12/h1-7,10,16H,8-9,11H2/t16-/m0/s1. The molecule has 0 unspecified atom stereocenters. The zero-order valence-electron chi connectivity index (χ0n) is 12.7. The van der Waals surface area contributed by atoms with Gasteiger partial charge in [-0.2, -0.15) is 0 Å². The molecule has 1 aliphatic rings. The van der Waals surface area contributed by atoms with Gasteiger partial charge in [-0.25, -0.2) is 8.42 Å². The summed E-state index contributed by atoms with van der Waals surface area (Å²) in [5.41, 5.74) is 1.16. The monoisotopic (exact) mass is 427 g/mol. The lowest BCUT2D eigenvalue weighted by Crippen LogP contribution is -2.45. The SMILES string of the molecule is O=C(c1ccc(Br)c(Cl)c1)N1CCS(=O)(=O)[C@H](c2ccccc2)C1. The summed E-state index contributed by atoms with van der Waals surface area (Å²) < 4.78 is 25.6. The van der Waals surface area contributed by atoms with Crippen LogP contribution in [0.4, 0.5) is 0 Å². The first kappa shape index (κ1) is 17.5. The molecular weight excluding hydrogens is 414 g/mol. The van der Waals surface area contributed by atoms with Crippen LogP contribution in [0, 0.1) is 0 Å². The van der Waals surface area contributed by atoms with Crippen LogP contribution >= 0.6 is 27.5 Å². The summed E-state index contributed by atoms with van der Waals surface area (Å²) in [5.74, 6) is -0.247. The number of carbonyl (C=O) groups excluding carboxylic acids is 1. The van der Waals surface area contributed by atoms with E-state index in [4.69, 9.17) is 11.6 Å². The second-order valence-corrected chi connectivity index (χ2v) is 9.21. The molecule has 2 aromatic rings. The molecule has 1 aliphatic heterocycles. The van der Waals surface area contributed by atoms with Crippen LogP contribution in [0.25, 0.3) is 0 Å². The minimum absolute atomic E-state index is 0.0391. The van der Waals surface area contributed by atoms with Gasteiger partial charge in [0.2, 0.25) is 0 Å². The predicted molar refractivity (Wildman–Crippen MR) is 98.0 cm³/mol. The second kappa shape index (κ2) is 6.86. The van der Waals surface area contributed by atoms with Crippen LogP contribution < -0.4 is 0 Å². The number of benzene rings is 2. The quantitative estimate of drug-likeness (QED) is 0.732. The molecule has 0 aliphatic carbocycles. The van der Waals surface area contributed by atoms with Crippen molar-refractivity contribution in [2.75, 3.05) is 18.8 Å². The van der Waals surface area contributed by atoms with E-state index < -0.39 is 15.1 Å². The van der Waals surface area contributed by atoms with Crippen LogP contribution in [-0.2, 0) is 9.84 Å². The summed E-state index contributed by atoms with van der Waals surface area (Å²) in [5, 5.41) is -0.243. The van der Waals surface area contributed by atoms with E-state index in [2.05, 4.69) is 15.9 Å². The van der Waals surface area contributed by atoms with Gasteiger partial charge in [0, 0.05) is 23.1 Å². The van der Waals surface area contributed by atoms with Crippen molar-refractivity contribution in [3.63, 3.8) is 0 Å². The molecule has 0 spiro atoms. The van der Waals surface area contributed by atoms with Crippen molar-refractivity contribution in [1.82, 2.24) is 4.90 Å². The first-order valence-electron chi connectivity index (χ1n) is 7.39. The van der Waals surface area contributed by atoms with Crippen molar-refractivity contribution in [3.05, 3.63) is 69.2 Å². The summed E-state index contributed by atoms with van der Waals surface area (Å²) in [4.78, 5) is 14.3. The normalized spacial score (nSPS) is 19.9. The van der Waals surface area contributed by atoms with Crippen LogP contribution in [0.2, 0.25) is 5.02 Å². The molecule has 1 fully saturated rings. The van der Waals surface area contributed by atoms with Gasteiger partial charge in [-0.1, -0.05) is 41.9 Å². The molecule has 2 aromatic carbocycles. The smallest absolute Gasteiger partial charge is 0.253 e. The summed E-state index contributed by atoms with van der Waals surface area (Å²) in [6.45, 7) is 0.344. The molecule has 24 heavy (non-hydrogen) atoms. The molecule has 0 N–H and O–H groups in total. The van der Waals surface area contributed by atoms with Crippen LogP contribution in [0.1, 0.15) is 21.2 Å². The fourth-order valence-corrected chi connectivity index (χ4v) is 4.93. The van der Waals surface area contributed by atoms with Gasteiger partial charge in [0.05, 0.1) is 10.8 Å². The highest BCUT2D eigenvalue weighted by atomic mass is 79.9. The average Bonchev–Trinajstić information content (AvgIpc) is 2.57. The predicted octanol–water partition coefficient (Wildman–Crippen LogP) is 3.71. The summed E-state index contributed by atoms with van der Waals surface area (Å²) >= 11 is 9.35. The third-order valence-electron chi connectivity index (χ3n) is 4.09. The molecule has 0 saturated carbocycles. The number of hydrogen-bond acceptors (Lipinski definition) is 3. The summed E-state index contributed by atoms with van der Waals surface area (Å²) in [6, 6.07) is 14.0. The van der Waals surface area contributed by atoms with Crippen molar-refractivity contribution in [3.8, 4) is 0 Å². The highest BCUT2D eigenvalue weighted by Crippen LogP contribution is 2.29. The average molecular weight is 429 g/mol. The number of sulfone groups is 1. The molecular formula is C17H15BrClNO3S. The topological polar surface area (TPSA) is 54.5 Å². The number of carbonyl (C=O) groups is 1. The van der Waals surface area contributed by atoms with Crippen LogP contribution in [0.3, 0.4) is 0 Å². The zero-order chi connectivity index (χ0) is 17.3. The van der Waals surface area contributed by atoms with Gasteiger partial charge in [0.25, 0.3) is 5.91 Å². The molecule has 7 heteroatoms. The van der Waals surface area contributed by atoms with Crippen LogP contribution in [0.5, 0.6) is 0 Å². The lowest BCUT2D eigenvalue weighted by atomic mass is 10.1. The van der Waals surface area contributed by atoms with Gasteiger partial charge in [0.15, 0.2) is 9.84 Å². The fraction of sp³-hybridized carbons (Fsp3) is 0.235. The Kier molecular flexibility index (Phi) is 4.99. The first-order valence-corrected chi connectivity index (χ1v) is 10.3. The van der Waals surface area contributed by atoms with Gasteiger partial charge in [0.1, 0.15) is 5.25 Å². The van der Waals surface area contributed by atoms with Gasteiger partial charge >= 0.3 is 0 Å². The molecule has 4 nitrogen and oxygen atoms in total. The van der Waals surface area contributed by atoms with E-state index in [-0.39, 0.29) is 24.7 Å². The molecule has 0 radical (unpaired) electrons. The van der Waals surface area contributed by atoms with E-state index in [1.165, 1.54) is 0 Å². The highest BCUT2D eigenvalue weighted by molar-refractivity contribution is 9.10. The van der Waals surface area contributed by atoms with E-state index in [1.807, 2.05) is 6.07 Å². The molecule has 1 saturated heterocycles. The Hall–Kier alpha value is -1.37. The van der Waals surface area contributed by atoms with E-state index in [0.29, 0.717) is 20.6 Å². The van der Waals surface area contributed by atoms with Crippen LogP contribution in [0.15, 0.2) is 53.0 Å². The largest absolute Gasteiger partial charge is 0.336 e. The van der Waals surface area contributed by atoms with Gasteiger partial charge in [-0.15, -0.1) is 0 Å². The minimum Gasteiger partial charge on any atom is -0.336 e. The Morgan fingerprint density at radius 1 is 1.17 bits per heavy atom. The number of rotatable bonds is 2.